The second-order valence-electron chi connectivity index (χ2n) is 5.49. The van der Waals surface area contributed by atoms with Gasteiger partial charge < -0.3 is 4.74 Å². The summed E-state index contributed by atoms with van der Waals surface area (Å²) in [5.41, 5.74) is 2.20. The van der Waals surface area contributed by atoms with Crippen molar-refractivity contribution in [2.24, 2.45) is 5.92 Å². The summed E-state index contributed by atoms with van der Waals surface area (Å²) in [6.07, 6.45) is 7.09. The molecular formula is C16H20O2. The zero-order valence-electron chi connectivity index (χ0n) is 10.7. The van der Waals surface area contributed by atoms with Crippen LogP contribution in [0.5, 0.6) is 0 Å². The second-order valence-corrected chi connectivity index (χ2v) is 5.49. The molecule has 0 radical (unpaired) electrons. The fourth-order valence-corrected chi connectivity index (χ4v) is 3.21. The first-order chi connectivity index (χ1) is 8.84. The van der Waals surface area contributed by atoms with E-state index in [4.69, 9.17) is 4.74 Å². The average Bonchev–Trinajstić information content (AvgIpc) is 3.00. The predicted octanol–water partition coefficient (Wildman–Crippen LogP) is 3.39. The van der Waals surface area contributed by atoms with Crippen molar-refractivity contribution in [1.29, 1.82) is 0 Å². The third-order valence-corrected chi connectivity index (χ3v) is 4.22. The van der Waals surface area contributed by atoms with Gasteiger partial charge in [0.15, 0.2) is 5.78 Å². The Labute approximate surface area is 108 Å². The molecule has 2 atom stereocenters. The highest BCUT2D eigenvalue weighted by molar-refractivity contribution is 6.02. The van der Waals surface area contributed by atoms with Crippen molar-refractivity contribution < 1.29 is 9.53 Å². The summed E-state index contributed by atoms with van der Waals surface area (Å²) in [5.74, 6) is 0.585. The summed E-state index contributed by atoms with van der Waals surface area (Å²) in [6, 6.07) is 8.05. The molecule has 0 N–H and O–H groups in total. The molecule has 2 aliphatic rings. The molecular weight excluding hydrogens is 224 g/mol. The molecule has 1 aliphatic heterocycles. The van der Waals surface area contributed by atoms with Crippen LogP contribution in [0.15, 0.2) is 24.3 Å². The van der Waals surface area contributed by atoms with E-state index in [0.29, 0.717) is 11.9 Å². The summed E-state index contributed by atoms with van der Waals surface area (Å²) in [5, 5.41) is 0. The van der Waals surface area contributed by atoms with E-state index in [9.17, 15) is 4.79 Å². The van der Waals surface area contributed by atoms with E-state index in [1.165, 1.54) is 18.4 Å². The van der Waals surface area contributed by atoms with Crippen molar-refractivity contribution in [2.75, 3.05) is 6.61 Å². The zero-order chi connectivity index (χ0) is 12.4. The van der Waals surface area contributed by atoms with Crippen LogP contribution in [0.1, 0.15) is 48.0 Å². The summed E-state index contributed by atoms with van der Waals surface area (Å²) in [7, 11) is 0. The highest BCUT2D eigenvalue weighted by Crippen LogP contribution is 2.30. The molecule has 0 bridgehead atoms. The van der Waals surface area contributed by atoms with Gasteiger partial charge in [0.2, 0.25) is 0 Å². The Kier molecular flexibility index (Phi) is 3.46. The lowest BCUT2D eigenvalue weighted by Gasteiger charge is -2.11. The van der Waals surface area contributed by atoms with Crippen LogP contribution in [0.3, 0.4) is 0 Å². The van der Waals surface area contributed by atoms with Crippen LogP contribution in [-0.4, -0.2) is 18.5 Å². The maximum Gasteiger partial charge on any atom is 0.166 e. The number of fused-ring (bicyclic) bond motifs is 1. The molecule has 0 amide bonds. The number of carbonyl (C=O) groups is 1. The lowest BCUT2D eigenvalue weighted by atomic mass is 9.96. The van der Waals surface area contributed by atoms with Gasteiger partial charge in [0.25, 0.3) is 0 Å². The van der Waals surface area contributed by atoms with Gasteiger partial charge in [0.05, 0.1) is 6.10 Å². The maximum absolute atomic E-state index is 12.2. The van der Waals surface area contributed by atoms with Gasteiger partial charge >= 0.3 is 0 Å². The minimum atomic E-state index is 0.226. The number of hydrogen-bond acceptors (Lipinski definition) is 2. The van der Waals surface area contributed by atoms with Crippen LogP contribution in [0.2, 0.25) is 0 Å². The van der Waals surface area contributed by atoms with Gasteiger partial charge in [-0.25, -0.2) is 0 Å². The number of rotatable bonds is 4. The molecule has 1 aromatic carbocycles. The monoisotopic (exact) mass is 244 g/mol. The quantitative estimate of drug-likeness (QED) is 0.811. The largest absolute Gasteiger partial charge is 0.378 e. The molecule has 96 valence electrons. The molecule has 1 saturated heterocycles. The summed E-state index contributed by atoms with van der Waals surface area (Å²) in [4.78, 5) is 12.2. The molecule has 2 heteroatoms. The Hall–Kier alpha value is -1.15. The number of Topliss-reactive ketones (excluding diaryl/α,β-unsaturated/α-hetero) is 1. The molecule has 1 aliphatic carbocycles. The SMILES string of the molecule is O=C1c2ccccc2CC1CCCC1CCCO1. The van der Waals surface area contributed by atoms with Gasteiger partial charge in [-0.2, -0.15) is 0 Å². The van der Waals surface area contributed by atoms with Gasteiger partial charge in [-0.15, -0.1) is 0 Å². The average molecular weight is 244 g/mol. The molecule has 0 spiro atoms. The Bertz CT molecular complexity index is 432. The van der Waals surface area contributed by atoms with Crippen LogP contribution < -0.4 is 0 Å². The normalized spacial score (nSPS) is 26.6. The molecule has 1 heterocycles. The van der Waals surface area contributed by atoms with Crippen LogP contribution in [-0.2, 0) is 11.2 Å². The van der Waals surface area contributed by atoms with Gasteiger partial charge in [-0.05, 0) is 37.7 Å². The first-order valence-corrected chi connectivity index (χ1v) is 7.08. The summed E-state index contributed by atoms with van der Waals surface area (Å²) < 4.78 is 5.62. The fraction of sp³-hybridized carbons (Fsp3) is 0.562. The predicted molar refractivity (Wildman–Crippen MR) is 70.8 cm³/mol. The minimum Gasteiger partial charge on any atom is -0.378 e. The number of ketones is 1. The van der Waals surface area contributed by atoms with E-state index in [0.717, 1.165) is 37.9 Å². The first kappa shape index (κ1) is 11.9. The van der Waals surface area contributed by atoms with Gasteiger partial charge in [0, 0.05) is 18.1 Å². The molecule has 18 heavy (non-hydrogen) atoms. The van der Waals surface area contributed by atoms with E-state index in [2.05, 4.69) is 6.07 Å². The molecule has 0 aromatic heterocycles. The first-order valence-electron chi connectivity index (χ1n) is 7.08. The highest BCUT2D eigenvalue weighted by atomic mass is 16.5. The Balaban J connectivity index is 1.51. The van der Waals surface area contributed by atoms with E-state index in [1.54, 1.807) is 0 Å². The summed E-state index contributed by atoms with van der Waals surface area (Å²) in [6.45, 7) is 0.929. The smallest absolute Gasteiger partial charge is 0.166 e. The third-order valence-electron chi connectivity index (χ3n) is 4.22. The van der Waals surface area contributed by atoms with Crippen molar-refractivity contribution in [1.82, 2.24) is 0 Å². The molecule has 3 rings (SSSR count). The highest BCUT2D eigenvalue weighted by Gasteiger charge is 2.29. The van der Waals surface area contributed by atoms with Crippen molar-refractivity contribution in [3.8, 4) is 0 Å². The second kappa shape index (κ2) is 5.23. The van der Waals surface area contributed by atoms with E-state index < -0.39 is 0 Å². The van der Waals surface area contributed by atoms with Crippen molar-refractivity contribution in [2.45, 2.75) is 44.6 Å². The lowest BCUT2D eigenvalue weighted by Crippen LogP contribution is -2.11. The summed E-state index contributed by atoms with van der Waals surface area (Å²) >= 11 is 0. The van der Waals surface area contributed by atoms with E-state index in [1.807, 2.05) is 18.2 Å². The fourth-order valence-electron chi connectivity index (χ4n) is 3.21. The van der Waals surface area contributed by atoms with Crippen molar-refractivity contribution >= 4 is 5.78 Å². The molecule has 0 saturated carbocycles. The van der Waals surface area contributed by atoms with E-state index >= 15 is 0 Å². The Morgan fingerprint density at radius 3 is 2.89 bits per heavy atom. The Morgan fingerprint density at radius 1 is 1.22 bits per heavy atom. The molecule has 1 aromatic rings. The topological polar surface area (TPSA) is 26.3 Å². The minimum absolute atomic E-state index is 0.226. The number of carbonyl (C=O) groups excluding carboxylic acids is 1. The van der Waals surface area contributed by atoms with Gasteiger partial charge in [0.1, 0.15) is 0 Å². The number of ether oxygens (including phenoxy) is 1. The van der Waals surface area contributed by atoms with Gasteiger partial charge in [-0.3, -0.25) is 4.79 Å². The molecule has 2 nitrogen and oxygen atoms in total. The number of hydrogen-bond donors (Lipinski definition) is 0. The van der Waals surface area contributed by atoms with Gasteiger partial charge in [-0.1, -0.05) is 30.7 Å². The van der Waals surface area contributed by atoms with E-state index in [-0.39, 0.29) is 5.92 Å². The maximum atomic E-state index is 12.2. The van der Waals surface area contributed by atoms with Crippen molar-refractivity contribution in [3.05, 3.63) is 35.4 Å². The Morgan fingerprint density at radius 2 is 2.11 bits per heavy atom. The number of benzene rings is 1. The third kappa shape index (κ3) is 2.35. The molecule has 1 fully saturated rings. The lowest BCUT2D eigenvalue weighted by molar-refractivity contribution is 0.0895. The zero-order valence-corrected chi connectivity index (χ0v) is 10.7. The van der Waals surface area contributed by atoms with Crippen LogP contribution in [0.25, 0.3) is 0 Å². The standard InChI is InChI=1S/C16H20O2/c17-16-13(6-3-7-14-8-4-10-18-14)11-12-5-1-2-9-15(12)16/h1-2,5,9,13-14H,3-4,6-8,10-11H2. The van der Waals surface area contributed by atoms with Crippen LogP contribution >= 0.6 is 0 Å². The van der Waals surface area contributed by atoms with Crippen molar-refractivity contribution in [3.63, 3.8) is 0 Å². The van der Waals surface area contributed by atoms with Crippen LogP contribution in [0.4, 0.5) is 0 Å². The van der Waals surface area contributed by atoms with Crippen LogP contribution in [0, 0.1) is 5.92 Å². The molecule has 2 unspecified atom stereocenters.